The van der Waals surface area contributed by atoms with Gasteiger partial charge in [0.05, 0.1) is 17.2 Å². The molecule has 0 spiro atoms. The molecule has 1 aliphatic carbocycles. The molecule has 0 saturated heterocycles. The molecule has 1 amide bonds. The molecule has 1 aromatic rings. The number of amides is 1. The van der Waals surface area contributed by atoms with Crippen LogP contribution in [0.25, 0.3) is 0 Å². The van der Waals surface area contributed by atoms with E-state index in [4.69, 9.17) is 11.6 Å². The van der Waals surface area contributed by atoms with Gasteiger partial charge in [0.2, 0.25) is 0 Å². The molecule has 2 aliphatic rings. The van der Waals surface area contributed by atoms with Gasteiger partial charge in [0.25, 0.3) is 5.91 Å². The lowest BCUT2D eigenvalue weighted by molar-refractivity contribution is -0.0224. The molecule has 5 heteroatoms. The number of hydrogen-bond acceptors (Lipinski definition) is 2. The molecule has 0 radical (unpaired) electrons. The van der Waals surface area contributed by atoms with Crippen LogP contribution in [-0.2, 0) is 6.54 Å². The van der Waals surface area contributed by atoms with Crippen LogP contribution in [0.3, 0.4) is 0 Å². The highest BCUT2D eigenvalue weighted by molar-refractivity contribution is 14.1. The average Bonchev–Trinajstić information content (AvgIpc) is 3.09. The number of hydrogen-bond donors (Lipinski definition) is 1. The van der Waals surface area contributed by atoms with Crippen molar-refractivity contribution in [3.8, 4) is 0 Å². The lowest BCUT2D eigenvalue weighted by Crippen LogP contribution is -2.51. The van der Waals surface area contributed by atoms with Gasteiger partial charge in [0.15, 0.2) is 0 Å². The van der Waals surface area contributed by atoms with Gasteiger partial charge >= 0.3 is 0 Å². The molecule has 1 saturated carbocycles. The average molecular weight is 406 g/mol. The Balaban J connectivity index is 2.01. The predicted molar refractivity (Wildman–Crippen MR) is 86.9 cm³/mol. The number of aliphatic hydroxyl groups is 1. The number of fused-ring (bicyclic) bond motifs is 1. The van der Waals surface area contributed by atoms with Gasteiger partial charge in [0.1, 0.15) is 0 Å². The quantitative estimate of drug-likeness (QED) is 0.783. The molecular weight excluding hydrogens is 389 g/mol. The Hall–Kier alpha value is -0.330. The second-order valence-electron chi connectivity index (χ2n) is 6.25. The van der Waals surface area contributed by atoms with E-state index in [2.05, 4.69) is 22.6 Å². The maximum atomic E-state index is 12.7. The van der Waals surface area contributed by atoms with E-state index in [1.165, 1.54) is 0 Å². The van der Waals surface area contributed by atoms with Crippen LogP contribution in [0.5, 0.6) is 0 Å². The van der Waals surface area contributed by atoms with Crippen molar-refractivity contribution in [2.24, 2.45) is 5.92 Å². The monoisotopic (exact) mass is 405 g/mol. The van der Waals surface area contributed by atoms with E-state index in [0.717, 1.165) is 22.0 Å². The molecule has 1 aromatic carbocycles. The normalized spacial score (nSPS) is 20.2. The third kappa shape index (κ3) is 2.35. The first-order valence-corrected chi connectivity index (χ1v) is 8.26. The van der Waals surface area contributed by atoms with Crippen molar-refractivity contribution in [1.29, 1.82) is 0 Å². The first-order chi connectivity index (χ1) is 9.30. The van der Waals surface area contributed by atoms with E-state index < -0.39 is 5.60 Å². The first-order valence-electron chi connectivity index (χ1n) is 6.81. The smallest absolute Gasteiger partial charge is 0.255 e. The fraction of sp³-hybridized carbons (Fsp3) is 0.533. The Morgan fingerprint density at radius 3 is 2.60 bits per heavy atom. The maximum Gasteiger partial charge on any atom is 0.255 e. The molecule has 3 nitrogen and oxygen atoms in total. The Kier molecular flexibility index (Phi) is 3.54. The van der Waals surface area contributed by atoms with Crippen molar-refractivity contribution in [3.05, 3.63) is 31.9 Å². The van der Waals surface area contributed by atoms with Gasteiger partial charge in [-0.15, -0.1) is 0 Å². The van der Waals surface area contributed by atoms with Crippen LogP contribution in [0.15, 0.2) is 12.1 Å². The van der Waals surface area contributed by atoms with Crippen LogP contribution < -0.4 is 0 Å². The van der Waals surface area contributed by atoms with Gasteiger partial charge in [-0.3, -0.25) is 4.79 Å². The van der Waals surface area contributed by atoms with Gasteiger partial charge in [-0.1, -0.05) is 11.6 Å². The number of carbonyl (C=O) groups excluding carboxylic acids is 1. The Morgan fingerprint density at radius 2 is 2.10 bits per heavy atom. The third-order valence-corrected chi connectivity index (χ3v) is 5.39. The number of halogens is 2. The number of nitrogens with zero attached hydrogens (tertiary/aromatic N) is 1. The summed E-state index contributed by atoms with van der Waals surface area (Å²) in [4.78, 5) is 14.6. The first kappa shape index (κ1) is 14.6. The zero-order valence-corrected chi connectivity index (χ0v) is 14.4. The molecule has 1 fully saturated rings. The summed E-state index contributed by atoms with van der Waals surface area (Å²) < 4.78 is 0.930. The van der Waals surface area contributed by atoms with E-state index in [1.807, 2.05) is 17.0 Å². The van der Waals surface area contributed by atoms with Crippen molar-refractivity contribution in [2.75, 3.05) is 0 Å². The molecule has 1 aliphatic heterocycles. The summed E-state index contributed by atoms with van der Waals surface area (Å²) in [5.41, 5.74) is 0.725. The largest absolute Gasteiger partial charge is 0.388 e. The summed E-state index contributed by atoms with van der Waals surface area (Å²) in [6.07, 6.45) is 2.17. The molecule has 1 atom stereocenters. The van der Waals surface area contributed by atoms with Gasteiger partial charge in [-0.25, -0.2) is 0 Å². The fourth-order valence-corrected chi connectivity index (χ4v) is 4.17. The van der Waals surface area contributed by atoms with Crippen molar-refractivity contribution in [3.63, 3.8) is 0 Å². The highest BCUT2D eigenvalue weighted by Gasteiger charge is 2.48. The summed E-state index contributed by atoms with van der Waals surface area (Å²) >= 11 is 8.42. The minimum absolute atomic E-state index is 0.00549. The molecule has 1 heterocycles. The minimum Gasteiger partial charge on any atom is -0.388 e. The molecule has 0 bridgehead atoms. The highest BCUT2D eigenvalue weighted by Crippen LogP contribution is 2.44. The van der Waals surface area contributed by atoms with Crippen LogP contribution in [-0.4, -0.2) is 27.6 Å². The molecule has 1 unspecified atom stereocenters. The zero-order chi connectivity index (χ0) is 14.7. The zero-order valence-electron chi connectivity index (χ0n) is 11.5. The van der Waals surface area contributed by atoms with Crippen LogP contribution in [0.1, 0.15) is 42.6 Å². The van der Waals surface area contributed by atoms with E-state index in [1.54, 1.807) is 13.8 Å². The maximum absolute atomic E-state index is 12.7. The Bertz CT molecular complexity index is 578. The molecule has 0 aromatic heterocycles. The lowest BCUT2D eigenvalue weighted by Gasteiger charge is -2.37. The molecule has 3 rings (SSSR count). The van der Waals surface area contributed by atoms with Gasteiger partial charge in [-0.2, -0.15) is 0 Å². The SMILES string of the molecule is CC(C)(O)C(C1CC1)N1Cc2c(Cl)ccc(I)c2C1=O. The molecule has 108 valence electrons. The topological polar surface area (TPSA) is 40.5 Å². The second kappa shape index (κ2) is 4.85. The number of benzene rings is 1. The van der Waals surface area contributed by atoms with Crippen molar-refractivity contribution < 1.29 is 9.90 Å². The summed E-state index contributed by atoms with van der Waals surface area (Å²) in [6.45, 7) is 4.09. The summed E-state index contributed by atoms with van der Waals surface area (Å²) in [7, 11) is 0. The van der Waals surface area contributed by atoms with E-state index in [-0.39, 0.29) is 11.9 Å². The van der Waals surface area contributed by atoms with Crippen molar-refractivity contribution in [2.45, 2.75) is 44.9 Å². The minimum atomic E-state index is -0.892. The van der Waals surface area contributed by atoms with Crippen molar-refractivity contribution in [1.82, 2.24) is 4.90 Å². The van der Waals surface area contributed by atoms with Gasteiger partial charge in [-0.05, 0) is 67.3 Å². The van der Waals surface area contributed by atoms with Crippen LogP contribution >= 0.6 is 34.2 Å². The van der Waals surface area contributed by atoms with Crippen LogP contribution in [0.2, 0.25) is 5.02 Å². The molecule has 1 N–H and O–H groups in total. The summed E-state index contributed by atoms with van der Waals surface area (Å²) in [6, 6.07) is 3.59. The summed E-state index contributed by atoms with van der Waals surface area (Å²) in [5.74, 6) is 0.413. The predicted octanol–water partition coefficient (Wildman–Crippen LogP) is 3.45. The van der Waals surface area contributed by atoms with Crippen molar-refractivity contribution >= 4 is 40.1 Å². The van der Waals surface area contributed by atoms with E-state index in [0.29, 0.717) is 23.0 Å². The second-order valence-corrected chi connectivity index (χ2v) is 7.82. The Morgan fingerprint density at radius 1 is 1.45 bits per heavy atom. The Labute approximate surface area is 137 Å². The van der Waals surface area contributed by atoms with E-state index >= 15 is 0 Å². The lowest BCUT2D eigenvalue weighted by atomic mass is 9.93. The number of carbonyl (C=O) groups is 1. The van der Waals surface area contributed by atoms with Crippen LogP contribution in [0, 0.1) is 9.49 Å². The highest BCUT2D eigenvalue weighted by atomic mass is 127. The number of rotatable bonds is 3. The molecule has 20 heavy (non-hydrogen) atoms. The van der Waals surface area contributed by atoms with E-state index in [9.17, 15) is 9.90 Å². The third-order valence-electron chi connectivity index (χ3n) is 4.14. The van der Waals surface area contributed by atoms with Crippen LogP contribution in [0.4, 0.5) is 0 Å². The van der Waals surface area contributed by atoms with Gasteiger partial charge < -0.3 is 10.0 Å². The molecular formula is C15H17ClINO2. The standard InChI is InChI=1S/C15H17ClINO2/c1-15(2,20)13(8-3-4-8)18-7-9-10(16)5-6-11(17)12(9)14(18)19/h5-6,8,13,20H,3-4,7H2,1-2H3. The fourth-order valence-electron chi connectivity index (χ4n) is 3.21. The van der Waals surface area contributed by atoms with Gasteiger partial charge in [0, 0.05) is 20.7 Å². The summed E-state index contributed by atoms with van der Waals surface area (Å²) in [5, 5.41) is 11.1.